The molecule has 0 spiro atoms. The van der Waals surface area contributed by atoms with E-state index in [4.69, 9.17) is 9.84 Å². The number of carbonyl (C=O) groups is 2. The van der Waals surface area contributed by atoms with E-state index in [2.05, 4.69) is 5.32 Å². The van der Waals surface area contributed by atoms with Crippen LogP contribution < -0.4 is 10.1 Å². The molecule has 1 aromatic heterocycles. The molecule has 0 aliphatic carbocycles. The summed E-state index contributed by atoms with van der Waals surface area (Å²) in [4.78, 5) is 23.1. The third-order valence-electron chi connectivity index (χ3n) is 2.79. The Balaban J connectivity index is 2.24. The van der Waals surface area contributed by atoms with Gasteiger partial charge in [0.05, 0.1) is 12.7 Å². The van der Waals surface area contributed by atoms with E-state index in [0.29, 0.717) is 16.3 Å². The second-order valence-electron chi connectivity index (χ2n) is 4.11. The van der Waals surface area contributed by atoms with Crippen LogP contribution in [0.3, 0.4) is 0 Å². The first-order valence-electron chi connectivity index (χ1n) is 5.79. The van der Waals surface area contributed by atoms with Gasteiger partial charge in [-0.15, -0.1) is 11.3 Å². The average Bonchev–Trinajstić information content (AvgIpc) is 2.87. The first kappa shape index (κ1) is 14.1. The second kappa shape index (κ2) is 5.75. The number of anilines is 1. The standard InChI is InChI=1S/C14H13NO4S/c1-8-3-4-9(7-11(8)19-2)12(16)15-13-10(14(17)18)5-6-20-13/h3-7H,1-2H3,(H,15,16)(H,17,18). The van der Waals surface area contributed by atoms with Crippen LogP contribution in [0.2, 0.25) is 0 Å². The van der Waals surface area contributed by atoms with Gasteiger partial charge >= 0.3 is 5.97 Å². The number of thiophene rings is 1. The van der Waals surface area contributed by atoms with Crippen LogP contribution >= 0.6 is 11.3 Å². The Kier molecular flexibility index (Phi) is 4.05. The Labute approximate surface area is 119 Å². The summed E-state index contributed by atoms with van der Waals surface area (Å²) in [5, 5.41) is 13.5. The predicted octanol–water partition coefficient (Wildman–Crippen LogP) is 3.02. The number of methoxy groups -OCH3 is 1. The van der Waals surface area contributed by atoms with E-state index >= 15 is 0 Å². The lowest BCUT2D eigenvalue weighted by Crippen LogP contribution is -2.13. The van der Waals surface area contributed by atoms with Crippen molar-refractivity contribution in [2.75, 3.05) is 12.4 Å². The molecule has 0 atom stereocenters. The lowest BCUT2D eigenvalue weighted by Gasteiger charge is -2.08. The van der Waals surface area contributed by atoms with Gasteiger partial charge in [0.25, 0.3) is 5.91 Å². The molecule has 0 saturated heterocycles. The molecule has 1 heterocycles. The number of amides is 1. The zero-order valence-corrected chi connectivity index (χ0v) is 11.8. The molecular formula is C14H13NO4S. The topological polar surface area (TPSA) is 75.6 Å². The number of benzene rings is 1. The molecule has 2 N–H and O–H groups in total. The molecule has 0 aliphatic heterocycles. The first-order valence-corrected chi connectivity index (χ1v) is 6.67. The number of hydrogen-bond donors (Lipinski definition) is 2. The van der Waals surface area contributed by atoms with E-state index in [1.165, 1.54) is 24.5 Å². The number of ether oxygens (including phenoxy) is 1. The molecule has 0 radical (unpaired) electrons. The largest absolute Gasteiger partial charge is 0.496 e. The predicted molar refractivity (Wildman–Crippen MR) is 77.0 cm³/mol. The smallest absolute Gasteiger partial charge is 0.338 e. The van der Waals surface area contributed by atoms with Crippen LogP contribution in [-0.2, 0) is 0 Å². The van der Waals surface area contributed by atoms with Crippen molar-refractivity contribution in [1.82, 2.24) is 0 Å². The zero-order chi connectivity index (χ0) is 14.7. The van der Waals surface area contributed by atoms with Crippen molar-refractivity contribution in [2.24, 2.45) is 0 Å². The van der Waals surface area contributed by atoms with Gasteiger partial charge in [-0.3, -0.25) is 4.79 Å². The Morgan fingerprint density at radius 2 is 2.05 bits per heavy atom. The van der Waals surface area contributed by atoms with Crippen molar-refractivity contribution in [3.63, 3.8) is 0 Å². The van der Waals surface area contributed by atoms with Gasteiger partial charge < -0.3 is 15.2 Å². The molecule has 0 bridgehead atoms. The number of carbonyl (C=O) groups excluding carboxylic acids is 1. The number of aromatic carboxylic acids is 1. The van der Waals surface area contributed by atoms with Gasteiger partial charge in [0.2, 0.25) is 0 Å². The lowest BCUT2D eigenvalue weighted by atomic mass is 10.1. The van der Waals surface area contributed by atoms with Crippen molar-refractivity contribution in [1.29, 1.82) is 0 Å². The van der Waals surface area contributed by atoms with Gasteiger partial charge in [-0.1, -0.05) is 6.07 Å². The van der Waals surface area contributed by atoms with E-state index in [0.717, 1.165) is 5.56 Å². The normalized spacial score (nSPS) is 10.1. The minimum atomic E-state index is -1.07. The molecule has 1 aromatic carbocycles. The van der Waals surface area contributed by atoms with Gasteiger partial charge in [-0.05, 0) is 36.1 Å². The zero-order valence-electron chi connectivity index (χ0n) is 11.0. The van der Waals surface area contributed by atoms with Crippen LogP contribution in [-0.4, -0.2) is 24.1 Å². The van der Waals surface area contributed by atoms with Crippen molar-refractivity contribution in [3.05, 3.63) is 46.3 Å². The van der Waals surface area contributed by atoms with Gasteiger partial charge in [0.15, 0.2) is 0 Å². The molecule has 0 unspecified atom stereocenters. The Hall–Kier alpha value is -2.34. The van der Waals surface area contributed by atoms with Gasteiger partial charge in [0, 0.05) is 5.56 Å². The SMILES string of the molecule is COc1cc(C(=O)Nc2sccc2C(=O)O)ccc1C. The Bertz CT molecular complexity index is 663. The van der Waals surface area contributed by atoms with Crippen molar-refractivity contribution >= 4 is 28.2 Å². The van der Waals surface area contributed by atoms with Gasteiger partial charge in [-0.25, -0.2) is 4.79 Å². The van der Waals surface area contributed by atoms with E-state index in [1.807, 2.05) is 6.92 Å². The highest BCUT2D eigenvalue weighted by molar-refractivity contribution is 7.14. The molecule has 104 valence electrons. The van der Waals surface area contributed by atoms with Crippen LogP contribution in [0.5, 0.6) is 5.75 Å². The molecule has 5 nitrogen and oxygen atoms in total. The molecular weight excluding hydrogens is 278 g/mol. The number of carboxylic acid groups (broad SMARTS) is 1. The summed E-state index contributed by atoms with van der Waals surface area (Å²) in [7, 11) is 1.53. The quantitative estimate of drug-likeness (QED) is 0.908. The van der Waals surface area contributed by atoms with E-state index in [-0.39, 0.29) is 11.5 Å². The van der Waals surface area contributed by atoms with Crippen LogP contribution in [0.25, 0.3) is 0 Å². The highest BCUT2D eigenvalue weighted by Gasteiger charge is 2.15. The van der Waals surface area contributed by atoms with E-state index in [1.54, 1.807) is 23.6 Å². The van der Waals surface area contributed by atoms with Gasteiger partial charge in [0.1, 0.15) is 10.8 Å². The monoisotopic (exact) mass is 291 g/mol. The summed E-state index contributed by atoms with van der Waals surface area (Å²) in [6.45, 7) is 1.88. The van der Waals surface area contributed by atoms with Crippen molar-refractivity contribution in [2.45, 2.75) is 6.92 Å². The molecule has 2 aromatic rings. The van der Waals surface area contributed by atoms with Crippen LogP contribution in [0.4, 0.5) is 5.00 Å². The number of carboxylic acids is 1. The molecule has 0 fully saturated rings. The fourth-order valence-corrected chi connectivity index (χ4v) is 2.49. The average molecular weight is 291 g/mol. The summed E-state index contributed by atoms with van der Waals surface area (Å²) in [5.74, 6) is -0.821. The summed E-state index contributed by atoms with van der Waals surface area (Å²) in [6.07, 6.45) is 0. The summed E-state index contributed by atoms with van der Waals surface area (Å²) >= 11 is 1.17. The number of aryl methyl sites for hydroxylation is 1. The summed E-state index contributed by atoms with van der Waals surface area (Å²) in [6, 6.07) is 6.53. The number of rotatable bonds is 4. The first-order chi connectivity index (χ1) is 9.52. The molecule has 0 saturated carbocycles. The van der Waals surface area contributed by atoms with E-state index < -0.39 is 5.97 Å². The van der Waals surface area contributed by atoms with Crippen LogP contribution in [0.15, 0.2) is 29.6 Å². The number of nitrogens with one attached hydrogen (secondary N) is 1. The fraction of sp³-hybridized carbons (Fsp3) is 0.143. The second-order valence-corrected chi connectivity index (χ2v) is 5.02. The summed E-state index contributed by atoms with van der Waals surface area (Å²) in [5.41, 5.74) is 1.42. The molecule has 1 amide bonds. The fourth-order valence-electron chi connectivity index (χ4n) is 1.71. The highest BCUT2D eigenvalue weighted by atomic mass is 32.1. The minimum Gasteiger partial charge on any atom is -0.496 e. The maximum Gasteiger partial charge on any atom is 0.338 e. The third-order valence-corrected chi connectivity index (χ3v) is 3.62. The maximum atomic E-state index is 12.1. The third kappa shape index (κ3) is 2.80. The highest BCUT2D eigenvalue weighted by Crippen LogP contribution is 2.25. The van der Waals surface area contributed by atoms with Crippen LogP contribution in [0, 0.1) is 6.92 Å². The number of hydrogen-bond acceptors (Lipinski definition) is 4. The lowest BCUT2D eigenvalue weighted by molar-refractivity contribution is 0.0698. The van der Waals surface area contributed by atoms with Gasteiger partial charge in [-0.2, -0.15) is 0 Å². The Morgan fingerprint density at radius 3 is 2.70 bits per heavy atom. The summed E-state index contributed by atoms with van der Waals surface area (Å²) < 4.78 is 5.16. The maximum absolute atomic E-state index is 12.1. The minimum absolute atomic E-state index is 0.0856. The Morgan fingerprint density at radius 1 is 1.30 bits per heavy atom. The molecule has 6 heteroatoms. The molecule has 2 rings (SSSR count). The molecule has 0 aliphatic rings. The van der Waals surface area contributed by atoms with E-state index in [9.17, 15) is 9.59 Å². The van der Waals surface area contributed by atoms with Crippen molar-refractivity contribution in [3.8, 4) is 5.75 Å². The van der Waals surface area contributed by atoms with Crippen LogP contribution in [0.1, 0.15) is 26.3 Å². The van der Waals surface area contributed by atoms with Crippen molar-refractivity contribution < 1.29 is 19.4 Å². The molecule has 20 heavy (non-hydrogen) atoms.